The minimum atomic E-state index is -0.734. The molecule has 3 aromatic rings. The van der Waals surface area contributed by atoms with Crippen LogP contribution in [0.5, 0.6) is 0 Å². The lowest BCUT2D eigenvalue weighted by Crippen LogP contribution is -2.50. The Morgan fingerprint density at radius 2 is 1.96 bits per heavy atom. The third-order valence-corrected chi connectivity index (χ3v) is 5.23. The van der Waals surface area contributed by atoms with Gasteiger partial charge in [0.2, 0.25) is 11.8 Å². The first-order chi connectivity index (χ1) is 13.6. The van der Waals surface area contributed by atoms with E-state index in [0.29, 0.717) is 13.2 Å². The van der Waals surface area contributed by atoms with Gasteiger partial charge in [0, 0.05) is 41.0 Å². The maximum atomic E-state index is 12.5. The first kappa shape index (κ1) is 18.3. The van der Waals surface area contributed by atoms with Crippen LogP contribution in [0.1, 0.15) is 12.5 Å². The van der Waals surface area contributed by atoms with Gasteiger partial charge >= 0.3 is 0 Å². The smallest absolute Gasteiger partial charge is 0.248 e. The number of hydrogen-bond donors (Lipinski definition) is 1. The van der Waals surface area contributed by atoms with Crippen molar-refractivity contribution in [1.82, 2.24) is 9.47 Å². The molecular formula is C22H23N3O3. The maximum Gasteiger partial charge on any atom is 0.248 e. The van der Waals surface area contributed by atoms with Gasteiger partial charge in [-0.15, -0.1) is 0 Å². The molecule has 2 amide bonds. The van der Waals surface area contributed by atoms with E-state index in [9.17, 15) is 9.59 Å². The molecule has 0 bridgehead atoms. The number of fused-ring (bicyclic) bond motifs is 3. The van der Waals surface area contributed by atoms with Gasteiger partial charge in [0.25, 0.3) is 0 Å². The third kappa shape index (κ3) is 3.27. The van der Waals surface area contributed by atoms with Crippen molar-refractivity contribution in [2.24, 2.45) is 5.73 Å². The fourth-order valence-electron chi connectivity index (χ4n) is 3.81. The Morgan fingerprint density at radius 3 is 2.75 bits per heavy atom. The van der Waals surface area contributed by atoms with Crippen LogP contribution in [-0.4, -0.2) is 47.1 Å². The predicted octanol–water partition coefficient (Wildman–Crippen LogP) is 2.54. The second-order valence-electron chi connectivity index (χ2n) is 6.92. The Bertz CT molecular complexity index is 1080. The summed E-state index contributed by atoms with van der Waals surface area (Å²) in [6, 6.07) is 14.6. The fourth-order valence-corrected chi connectivity index (χ4v) is 3.81. The van der Waals surface area contributed by atoms with E-state index >= 15 is 0 Å². The van der Waals surface area contributed by atoms with Gasteiger partial charge in [0.15, 0.2) is 6.10 Å². The highest BCUT2D eigenvalue weighted by Gasteiger charge is 2.26. The Labute approximate surface area is 163 Å². The Hall–Kier alpha value is -3.12. The zero-order valence-corrected chi connectivity index (χ0v) is 15.8. The molecule has 0 aliphatic carbocycles. The number of rotatable bonds is 4. The summed E-state index contributed by atoms with van der Waals surface area (Å²) in [5.41, 5.74) is 8.64. The van der Waals surface area contributed by atoms with Crippen molar-refractivity contribution >= 4 is 39.7 Å². The number of nitrogens with zero attached hydrogens (tertiary/aromatic N) is 2. The first-order valence-corrected chi connectivity index (χ1v) is 9.47. The summed E-state index contributed by atoms with van der Waals surface area (Å²) in [4.78, 5) is 25.4. The molecule has 1 aromatic heterocycles. The molecule has 0 saturated carbocycles. The number of aromatic nitrogens is 1. The molecule has 144 valence electrons. The number of ether oxygens (including phenoxy) is 1. The van der Waals surface area contributed by atoms with E-state index in [-0.39, 0.29) is 12.5 Å². The molecule has 28 heavy (non-hydrogen) atoms. The molecule has 1 fully saturated rings. The number of carbonyl (C=O) groups excluding carboxylic acids is 2. The molecule has 2 N–H and O–H groups in total. The first-order valence-electron chi connectivity index (χ1n) is 9.47. The average Bonchev–Trinajstić information content (AvgIpc) is 3.05. The molecule has 1 aliphatic rings. The monoisotopic (exact) mass is 377 g/mol. The van der Waals surface area contributed by atoms with Gasteiger partial charge in [-0.3, -0.25) is 9.59 Å². The molecule has 2 heterocycles. The van der Waals surface area contributed by atoms with E-state index in [1.165, 1.54) is 21.8 Å². The summed E-state index contributed by atoms with van der Waals surface area (Å²) in [5, 5.41) is 2.38. The van der Waals surface area contributed by atoms with Crippen LogP contribution in [0.2, 0.25) is 0 Å². The van der Waals surface area contributed by atoms with Gasteiger partial charge in [-0.2, -0.15) is 0 Å². The van der Waals surface area contributed by atoms with E-state index in [1.807, 2.05) is 18.2 Å². The molecule has 6 nitrogen and oxygen atoms in total. The van der Waals surface area contributed by atoms with Gasteiger partial charge < -0.3 is 19.9 Å². The number of benzene rings is 2. The number of nitrogens with two attached hydrogens (primary N) is 1. The van der Waals surface area contributed by atoms with Crippen LogP contribution in [0.25, 0.3) is 27.9 Å². The predicted molar refractivity (Wildman–Crippen MR) is 110 cm³/mol. The molecule has 6 heteroatoms. The van der Waals surface area contributed by atoms with Crippen LogP contribution < -0.4 is 5.73 Å². The standard InChI is InChI=1S/C22H23N3O3/c1-2-25-18-6-4-3-5-16(18)17-13-15(7-9-19(17)25)8-10-21(26)24-11-12-28-20(14-24)22(23)27/h3-10,13,20H,2,11-12,14H2,1H3,(H2,23,27)/b10-8+. The number of aryl methyl sites for hydroxylation is 1. The van der Waals surface area contributed by atoms with E-state index in [0.717, 1.165) is 12.1 Å². The van der Waals surface area contributed by atoms with Gasteiger partial charge in [0.1, 0.15) is 0 Å². The zero-order chi connectivity index (χ0) is 19.7. The summed E-state index contributed by atoms with van der Waals surface area (Å²) in [5.74, 6) is -0.690. The Kier molecular flexibility index (Phi) is 4.88. The molecule has 4 rings (SSSR count). The molecule has 0 radical (unpaired) electrons. The average molecular weight is 377 g/mol. The van der Waals surface area contributed by atoms with Gasteiger partial charge in [-0.25, -0.2) is 0 Å². The van der Waals surface area contributed by atoms with E-state index < -0.39 is 12.0 Å². The SMILES string of the molecule is CCn1c2ccccc2c2cc(/C=C/C(=O)N3CCOC(C(N)=O)C3)ccc21. The number of primary amides is 1. The van der Waals surface area contributed by atoms with Crippen LogP contribution in [0, 0.1) is 0 Å². The largest absolute Gasteiger partial charge is 0.367 e. The highest BCUT2D eigenvalue weighted by Crippen LogP contribution is 2.30. The zero-order valence-electron chi connectivity index (χ0n) is 15.8. The van der Waals surface area contributed by atoms with Crippen molar-refractivity contribution in [1.29, 1.82) is 0 Å². The topological polar surface area (TPSA) is 77.6 Å². The lowest BCUT2D eigenvalue weighted by molar-refractivity contribution is -0.142. The van der Waals surface area contributed by atoms with Crippen molar-refractivity contribution in [3.63, 3.8) is 0 Å². The van der Waals surface area contributed by atoms with Crippen molar-refractivity contribution in [2.75, 3.05) is 19.7 Å². The van der Waals surface area contributed by atoms with Crippen LogP contribution in [0.3, 0.4) is 0 Å². The van der Waals surface area contributed by atoms with Crippen LogP contribution >= 0.6 is 0 Å². The van der Waals surface area contributed by atoms with Gasteiger partial charge in [-0.05, 0) is 36.8 Å². The van der Waals surface area contributed by atoms with E-state index in [2.05, 4.69) is 41.8 Å². The number of morpholine rings is 1. The number of hydrogen-bond acceptors (Lipinski definition) is 3. The van der Waals surface area contributed by atoms with Crippen LogP contribution in [-0.2, 0) is 20.9 Å². The lowest BCUT2D eigenvalue weighted by atomic mass is 10.1. The Morgan fingerprint density at radius 1 is 1.18 bits per heavy atom. The summed E-state index contributed by atoms with van der Waals surface area (Å²) < 4.78 is 7.58. The fraction of sp³-hybridized carbons (Fsp3) is 0.273. The number of carbonyl (C=O) groups is 2. The molecule has 1 saturated heterocycles. The summed E-state index contributed by atoms with van der Waals surface area (Å²) in [7, 11) is 0. The lowest BCUT2D eigenvalue weighted by Gasteiger charge is -2.30. The van der Waals surface area contributed by atoms with Crippen molar-refractivity contribution in [2.45, 2.75) is 19.6 Å². The van der Waals surface area contributed by atoms with Gasteiger partial charge in [0.05, 0.1) is 13.2 Å². The second kappa shape index (κ2) is 7.48. The molecule has 1 atom stereocenters. The minimum Gasteiger partial charge on any atom is -0.367 e. The van der Waals surface area contributed by atoms with E-state index in [4.69, 9.17) is 10.5 Å². The molecule has 2 aromatic carbocycles. The molecular weight excluding hydrogens is 354 g/mol. The molecule has 1 unspecified atom stereocenters. The van der Waals surface area contributed by atoms with Crippen molar-refractivity contribution < 1.29 is 14.3 Å². The molecule has 1 aliphatic heterocycles. The van der Waals surface area contributed by atoms with Crippen molar-refractivity contribution in [3.05, 3.63) is 54.1 Å². The summed E-state index contributed by atoms with van der Waals surface area (Å²) in [6.45, 7) is 4.00. The quantitative estimate of drug-likeness (QED) is 0.710. The maximum absolute atomic E-state index is 12.5. The second-order valence-corrected chi connectivity index (χ2v) is 6.92. The van der Waals surface area contributed by atoms with Crippen LogP contribution in [0.4, 0.5) is 0 Å². The van der Waals surface area contributed by atoms with Crippen LogP contribution in [0.15, 0.2) is 48.5 Å². The highest BCUT2D eigenvalue weighted by atomic mass is 16.5. The molecule has 0 spiro atoms. The van der Waals surface area contributed by atoms with Crippen molar-refractivity contribution in [3.8, 4) is 0 Å². The number of para-hydroxylation sites is 1. The number of amides is 2. The van der Waals surface area contributed by atoms with Gasteiger partial charge in [-0.1, -0.05) is 24.3 Å². The summed E-state index contributed by atoms with van der Waals surface area (Å²) in [6.07, 6.45) is 2.63. The Balaban J connectivity index is 1.60. The van der Waals surface area contributed by atoms with E-state index in [1.54, 1.807) is 11.0 Å². The minimum absolute atomic E-state index is 0.148. The third-order valence-electron chi connectivity index (χ3n) is 5.23. The summed E-state index contributed by atoms with van der Waals surface area (Å²) >= 11 is 0. The normalized spacial score (nSPS) is 17.6. The highest BCUT2D eigenvalue weighted by molar-refractivity contribution is 6.08.